The molecule has 0 heterocycles. The fourth-order valence-corrected chi connectivity index (χ4v) is 4.68. The predicted octanol–water partition coefficient (Wildman–Crippen LogP) is 5.20. The van der Waals surface area contributed by atoms with Gasteiger partial charge >= 0.3 is 6.18 Å². The van der Waals surface area contributed by atoms with Gasteiger partial charge in [0.25, 0.3) is 10.0 Å². The minimum atomic E-state index is -4.72. The number of benzene rings is 3. The van der Waals surface area contributed by atoms with Crippen molar-refractivity contribution < 1.29 is 31.1 Å². The molecule has 6 nitrogen and oxygen atoms in total. The molecule has 0 saturated carbocycles. The lowest BCUT2D eigenvalue weighted by Gasteiger charge is -2.25. The molecule has 0 aliphatic rings. The van der Waals surface area contributed by atoms with Crippen LogP contribution in [0.4, 0.5) is 24.5 Å². The van der Waals surface area contributed by atoms with Gasteiger partial charge in [-0.15, -0.1) is 0 Å². The summed E-state index contributed by atoms with van der Waals surface area (Å²) in [6.07, 6.45) is -4.72. The molecule has 1 amide bonds. The molecule has 3 aromatic carbocycles. The van der Waals surface area contributed by atoms with Crippen LogP contribution in [0.15, 0.2) is 77.7 Å². The van der Waals surface area contributed by atoms with Crippen LogP contribution in [0.1, 0.15) is 5.56 Å². The van der Waals surface area contributed by atoms with Crippen LogP contribution in [0.5, 0.6) is 5.75 Å². The maximum atomic E-state index is 13.3. The summed E-state index contributed by atoms with van der Waals surface area (Å²) in [7, 11) is -2.87. The molecule has 11 heteroatoms. The van der Waals surface area contributed by atoms with E-state index in [-0.39, 0.29) is 22.0 Å². The highest BCUT2D eigenvalue weighted by Crippen LogP contribution is 2.36. The van der Waals surface area contributed by atoms with Gasteiger partial charge in [-0.3, -0.25) is 9.10 Å². The molecule has 0 aliphatic heterocycles. The Morgan fingerprint density at radius 3 is 2.30 bits per heavy atom. The van der Waals surface area contributed by atoms with Gasteiger partial charge in [0.1, 0.15) is 12.3 Å². The lowest BCUT2D eigenvalue weighted by Crippen LogP contribution is -2.38. The first-order chi connectivity index (χ1) is 15.5. The largest absolute Gasteiger partial charge is 0.495 e. The lowest BCUT2D eigenvalue weighted by atomic mass is 10.2. The zero-order valence-electron chi connectivity index (χ0n) is 17.1. The van der Waals surface area contributed by atoms with E-state index in [4.69, 9.17) is 16.3 Å². The highest BCUT2D eigenvalue weighted by Gasteiger charge is 2.34. The van der Waals surface area contributed by atoms with Gasteiger partial charge in [0.2, 0.25) is 5.91 Å². The molecule has 0 bridgehead atoms. The summed E-state index contributed by atoms with van der Waals surface area (Å²) in [6.45, 7) is -0.721. The van der Waals surface area contributed by atoms with E-state index in [0.717, 1.165) is 10.4 Å². The van der Waals surface area contributed by atoms with Crippen molar-refractivity contribution in [3.05, 3.63) is 83.4 Å². The van der Waals surface area contributed by atoms with E-state index in [9.17, 15) is 26.4 Å². The van der Waals surface area contributed by atoms with Gasteiger partial charge in [0, 0.05) is 5.69 Å². The highest BCUT2D eigenvalue weighted by molar-refractivity contribution is 7.92. The summed E-state index contributed by atoms with van der Waals surface area (Å²) < 4.78 is 72.1. The molecule has 0 unspecified atom stereocenters. The van der Waals surface area contributed by atoms with Crippen molar-refractivity contribution in [3.8, 4) is 5.75 Å². The molecular formula is C22H18ClF3N2O4S. The summed E-state index contributed by atoms with van der Waals surface area (Å²) in [5, 5.41) is 1.77. The number of hydrogen-bond donors (Lipinski definition) is 1. The lowest BCUT2D eigenvalue weighted by molar-refractivity contribution is -0.137. The van der Waals surface area contributed by atoms with Crippen molar-refractivity contribution in [2.24, 2.45) is 0 Å². The Labute approximate surface area is 193 Å². The minimum Gasteiger partial charge on any atom is -0.495 e. The zero-order valence-corrected chi connectivity index (χ0v) is 18.7. The topological polar surface area (TPSA) is 75.7 Å². The number of amides is 1. The number of rotatable bonds is 7. The van der Waals surface area contributed by atoms with E-state index in [1.54, 1.807) is 18.2 Å². The predicted molar refractivity (Wildman–Crippen MR) is 119 cm³/mol. The third-order valence-corrected chi connectivity index (χ3v) is 6.63. The Kier molecular flexibility index (Phi) is 7.19. The Bertz CT molecular complexity index is 1250. The summed E-state index contributed by atoms with van der Waals surface area (Å²) in [5.41, 5.74) is -1.22. The standard InChI is InChI=1S/C22H18ClF3N2O4S/c1-32-20-10-6-5-9-19(20)28(33(30,31)16-7-3-2-4-8-16)14-21(29)27-15-11-12-18(23)17(13-15)22(24,25)26/h2-13H,14H2,1H3,(H,27,29). The number of alkyl halides is 3. The highest BCUT2D eigenvalue weighted by atomic mass is 35.5. The number of carbonyl (C=O) groups excluding carboxylic acids is 1. The molecule has 3 rings (SSSR count). The molecule has 33 heavy (non-hydrogen) atoms. The molecular weight excluding hydrogens is 481 g/mol. The fourth-order valence-electron chi connectivity index (χ4n) is 3.01. The van der Waals surface area contributed by atoms with Gasteiger partial charge < -0.3 is 10.1 Å². The van der Waals surface area contributed by atoms with E-state index in [1.807, 2.05) is 0 Å². The minimum absolute atomic E-state index is 0.0745. The Morgan fingerprint density at radius 1 is 1.03 bits per heavy atom. The Hall–Kier alpha value is -3.24. The third kappa shape index (κ3) is 5.58. The summed E-state index contributed by atoms with van der Waals surface area (Å²) in [5.74, 6) is -0.675. The van der Waals surface area contributed by atoms with Crippen molar-refractivity contribution in [2.75, 3.05) is 23.3 Å². The summed E-state index contributed by atoms with van der Waals surface area (Å²) in [6, 6.07) is 16.5. The van der Waals surface area contributed by atoms with Crippen molar-refractivity contribution in [1.82, 2.24) is 0 Å². The number of nitrogens with zero attached hydrogens (tertiary/aromatic N) is 1. The van der Waals surface area contributed by atoms with Crippen molar-refractivity contribution in [3.63, 3.8) is 0 Å². The zero-order chi connectivity index (χ0) is 24.2. The molecule has 0 aromatic heterocycles. The van der Waals surface area contributed by atoms with Crippen LogP contribution >= 0.6 is 11.6 Å². The first kappa shape index (κ1) is 24.4. The van der Waals surface area contributed by atoms with Gasteiger partial charge in [-0.2, -0.15) is 13.2 Å². The fraction of sp³-hybridized carbons (Fsp3) is 0.136. The second-order valence-corrected chi connectivity index (χ2v) is 9.01. The van der Waals surface area contributed by atoms with Gasteiger partial charge in [-0.05, 0) is 42.5 Å². The van der Waals surface area contributed by atoms with Gasteiger partial charge in [0.05, 0.1) is 28.3 Å². The normalized spacial score (nSPS) is 11.7. The van der Waals surface area contributed by atoms with Crippen LogP contribution in [-0.4, -0.2) is 28.0 Å². The van der Waals surface area contributed by atoms with E-state index in [1.165, 1.54) is 49.6 Å². The van der Waals surface area contributed by atoms with E-state index in [0.29, 0.717) is 6.07 Å². The number of methoxy groups -OCH3 is 1. The maximum Gasteiger partial charge on any atom is 0.417 e. The van der Waals surface area contributed by atoms with E-state index < -0.39 is 39.2 Å². The molecule has 0 radical (unpaired) electrons. The van der Waals surface area contributed by atoms with Crippen molar-refractivity contribution in [1.29, 1.82) is 0 Å². The first-order valence-corrected chi connectivity index (χ1v) is 11.2. The second-order valence-electron chi connectivity index (χ2n) is 6.74. The average molecular weight is 499 g/mol. The third-order valence-electron chi connectivity index (χ3n) is 4.53. The van der Waals surface area contributed by atoms with Crippen LogP contribution in [0.25, 0.3) is 0 Å². The number of sulfonamides is 1. The second kappa shape index (κ2) is 9.72. The molecule has 0 atom stereocenters. The number of halogens is 4. The van der Waals surface area contributed by atoms with E-state index >= 15 is 0 Å². The molecule has 0 fully saturated rings. The number of ether oxygens (including phenoxy) is 1. The first-order valence-electron chi connectivity index (χ1n) is 9.41. The molecule has 0 aliphatic carbocycles. The summed E-state index contributed by atoms with van der Waals surface area (Å²) in [4.78, 5) is 12.7. The smallest absolute Gasteiger partial charge is 0.417 e. The molecule has 0 spiro atoms. The van der Waals surface area contributed by atoms with Crippen molar-refractivity contribution in [2.45, 2.75) is 11.1 Å². The molecule has 3 aromatic rings. The quantitative estimate of drug-likeness (QED) is 0.486. The number of nitrogens with one attached hydrogen (secondary N) is 1. The van der Waals surface area contributed by atoms with Gasteiger partial charge in [-0.25, -0.2) is 8.42 Å². The van der Waals surface area contributed by atoms with Crippen LogP contribution < -0.4 is 14.4 Å². The van der Waals surface area contributed by atoms with E-state index in [2.05, 4.69) is 5.32 Å². The van der Waals surface area contributed by atoms with Crippen LogP contribution in [-0.2, 0) is 21.0 Å². The Balaban J connectivity index is 1.97. The van der Waals surface area contributed by atoms with Crippen LogP contribution in [0.3, 0.4) is 0 Å². The number of para-hydroxylation sites is 2. The monoisotopic (exact) mass is 498 g/mol. The van der Waals surface area contributed by atoms with Crippen LogP contribution in [0, 0.1) is 0 Å². The molecule has 174 valence electrons. The van der Waals surface area contributed by atoms with Crippen molar-refractivity contribution >= 4 is 38.9 Å². The van der Waals surface area contributed by atoms with Gasteiger partial charge in [-0.1, -0.05) is 41.9 Å². The van der Waals surface area contributed by atoms with Gasteiger partial charge in [0.15, 0.2) is 0 Å². The SMILES string of the molecule is COc1ccccc1N(CC(=O)Nc1ccc(Cl)c(C(F)(F)F)c1)S(=O)(=O)c1ccccc1. The maximum absolute atomic E-state index is 13.3. The molecule has 0 saturated heterocycles. The Morgan fingerprint density at radius 2 is 1.67 bits per heavy atom. The van der Waals surface area contributed by atoms with Crippen LogP contribution in [0.2, 0.25) is 5.02 Å². The number of carbonyl (C=O) groups is 1. The number of anilines is 2. The molecule has 1 N–H and O–H groups in total. The average Bonchev–Trinajstić information content (AvgIpc) is 2.78. The summed E-state index contributed by atoms with van der Waals surface area (Å²) >= 11 is 5.61. The number of hydrogen-bond acceptors (Lipinski definition) is 4.